The van der Waals surface area contributed by atoms with E-state index in [2.05, 4.69) is 42.2 Å². The molecule has 1 aliphatic carbocycles. The normalized spacial score (nSPS) is 33.1. The number of carbonyl (C=O) groups excluding carboxylic acids is 1. The highest BCUT2D eigenvalue weighted by molar-refractivity contribution is 5.80. The monoisotopic (exact) mass is 286 g/mol. The second-order valence-electron chi connectivity index (χ2n) is 6.77. The van der Waals surface area contributed by atoms with Gasteiger partial charge in [-0.1, -0.05) is 43.7 Å². The first-order valence-corrected chi connectivity index (χ1v) is 8.26. The number of carbonyl (C=O) groups is 1. The van der Waals surface area contributed by atoms with Crippen molar-refractivity contribution in [1.29, 1.82) is 0 Å². The van der Waals surface area contributed by atoms with Crippen molar-refractivity contribution >= 4 is 5.91 Å². The molecule has 0 spiro atoms. The quantitative estimate of drug-likeness (QED) is 0.908. The van der Waals surface area contributed by atoms with Crippen LogP contribution in [0.25, 0.3) is 0 Å². The second-order valence-corrected chi connectivity index (χ2v) is 6.77. The van der Waals surface area contributed by atoms with Gasteiger partial charge in [0.15, 0.2) is 0 Å². The summed E-state index contributed by atoms with van der Waals surface area (Å²) < 4.78 is 0. The number of piperidine rings is 1. The number of rotatable bonds is 2. The summed E-state index contributed by atoms with van der Waals surface area (Å²) in [6, 6.07) is 10.8. The number of amides is 1. The van der Waals surface area contributed by atoms with Crippen LogP contribution in [0.5, 0.6) is 0 Å². The molecular formula is C18H26N2O. The highest BCUT2D eigenvalue weighted by Gasteiger charge is 2.36. The Morgan fingerprint density at radius 3 is 2.57 bits per heavy atom. The van der Waals surface area contributed by atoms with E-state index in [1.807, 2.05) is 0 Å². The van der Waals surface area contributed by atoms with Crippen LogP contribution in [0.3, 0.4) is 0 Å². The molecule has 2 aliphatic rings. The van der Waals surface area contributed by atoms with Crippen LogP contribution in [0.4, 0.5) is 0 Å². The molecule has 1 aromatic carbocycles. The standard InChI is InChI=1S/C18H26N2O/c1-13-12-20(18(21)16-8-5-9-17(16)19)11-10-15(13)14-6-3-2-4-7-14/h2-4,6-7,13,15-17H,5,8-12,19H2,1H3/t13-,15-,16-,17+/m1/s1. The number of benzene rings is 1. The zero-order chi connectivity index (χ0) is 14.8. The molecule has 1 amide bonds. The first-order valence-electron chi connectivity index (χ1n) is 8.26. The molecule has 114 valence electrons. The van der Waals surface area contributed by atoms with Crippen molar-refractivity contribution in [2.24, 2.45) is 17.6 Å². The van der Waals surface area contributed by atoms with Gasteiger partial charge in [0, 0.05) is 19.1 Å². The molecule has 2 N–H and O–H groups in total. The van der Waals surface area contributed by atoms with E-state index in [4.69, 9.17) is 5.73 Å². The van der Waals surface area contributed by atoms with Crippen LogP contribution < -0.4 is 5.73 Å². The van der Waals surface area contributed by atoms with Crippen LogP contribution in [0.15, 0.2) is 30.3 Å². The van der Waals surface area contributed by atoms with Crippen LogP contribution in [-0.4, -0.2) is 29.9 Å². The first-order chi connectivity index (χ1) is 10.2. The van der Waals surface area contributed by atoms with Crippen molar-refractivity contribution in [2.45, 2.75) is 44.6 Å². The maximum Gasteiger partial charge on any atom is 0.227 e. The van der Waals surface area contributed by atoms with Gasteiger partial charge in [-0.05, 0) is 36.7 Å². The highest BCUT2D eigenvalue weighted by Crippen LogP contribution is 2.34. The van der Waals surface area contributed by atoms with Gasteiger partial charge in [-0.15, -0.1) is 0 Å². The Bertz CT molecular complexity index is 487. The first kappa shape index (κ1) is 14.6. The molecular weight excluding hydrogens is 260 g/mol. The predicted octanol–water partition coefficient (Wildman–Crippen LogP) is 2.77. The van der Waals surface area contributed by atoms with Gasteiger partial charge in [-0.25, -0.2) is 0 Å². The molecule has 1 heterocycles. The summed E-state index contributed by atoms with van der Waals surface area (Å²) in [4.78, 5) is 14.7. The number of nitrogens with two attached hydrogens (primary N) is 1. The summed E-state index contributed by atoms with van der Waals surface area (Å²) in [7, 11) is 0. The third-order valence-corrected chi connectivity index (χ3v) is 5.33. The fraction of sp³-hybridized carbons (Fsp3) is 0.611. The summed E-state index contributed by atoms with van der Waals surface area (Å²) in [6.07, 6.45) is 4.16. The van der Waals surface area contributed by atoms with Crippen LogP contribution >= 0.6 is 0 Å². The zero-order valence-corrected chi connectivity index (χ0v) is 12.9. The second kappa shape index (κ2) is 6.18. The average Bonchev–Trinajstić information content (AvgIpc) is 2.93. The van der Waals surface area contributed by atoms with E-state index in [1.165, 1.54) is 5.56 Å². The van der Waals surface area contributed by atoms with E-state index >= 15 is 0 Å². The van der Waals surface area contributed by atoms with E-state index in [-0.39, 0.29) is 12.0 Å². The van der Waals surface area contributed by atoms with Crippen molar-refractivity contribution in [3.63, 3.8) is 0 Å². The molecule has 3 rings (SSSR count). The zero-order valence-electron chi connectivity index (χ0n) is 12.9. The van der Waals surface area contributed by atoms with Crippen molar-refractivity contribution < 1.29 is 4.79 Å². The predicted molar refractivity (Wildman–Crippen MR) is 84.9 cm³/mol. The minimum Gasteiger partial charge on any atom is -0.342 e. The Labute approximate surface area is 127 Å². The molecule has 1 aliphatic heterocycles. The van der Waals surface area contributed by atoms with Gasteiger partial charge >= 0.3 is 0 Å². The maximum atomic E-state index is 12.6. The van der Waals surface area contributed by atoms with Gasteiger partial charge in [0.25, 0.3) is 0 Å². The summed E-state index contributed by atoms with van der Waals surface area (Å²) in [6.45, 7) is 4.03. The summed E-state index contributed by atoms with van der Waals surface area (Å²) in [5.74, 6) is 1.47. The van der Waals surface area contributed by atoms with Crippen molar-refractivity contribution in [1.82, 2.24) is 4.90 Å². The maximum absolute atomic E-state index is 12.6. The molecule has 0 aromatic heterocycles. The Kier molecular flexibility index (Phi) is 4.29. The summed E-state index contributed by atoms with van der Waals surface area (Å²) >= 11 is 0. The van der Waals surface area contributed by atoms with E-state index in [0.29, 0.717) is 17.7 Å². The average molecular weight is 286 g/mol. The minimum absolute atomic E-state index is 0.0745. The lowest BCUT2D eigenvalue weighted by molar-refractivity contribution is -0.137. The number of hydrogen-bond acceptors (Lipinski definition) is 2. The third kappa shape index (κ3) is 2.98. The lowest BCUT2D eigenvalue weighted by Gasteiger charge is -2.38. The smallest absolute Gasteiger partial charge is 0.227 e. The Hall–Kier alpha value is -1.35. The topological polar surface area (TPSA) is 46.3 Å². The molecule has 4 atom stereocenters. The van der Waals surface area contributed by atoms with Crippen LogP contribution in [0.2, 0.25) is 0 Å². The fourth-order valence-corrected chi connectivity index (χ4v) is 4.07. The van der Waals surface area contributed by atoms with Gasteiger partial charge in [-0.2, -0.15) is 0 Å². The van der Waals surface area contributed by atoms with Crippen LogP contribution in [0, 0.1) is 11.8 Å². The molecule has 1 aromatic rings. The van der Waals surface area contributed by atoms with Crippen LogP contribution in [-0.2, 0) is 4.79 Å². The van der Waals surface area contributed by atoms with Crippen molar-refractivity contribution in [3.8, 4) is 0 Å². The van der Waals surface area contributed by atoms with E-state index in [1.54, 1.807) is 0 Å². The molecule has 3 nitrogen and oxygen atoms in total. The Morgan fingerprint density at radius 2 is 1.95 bits per heavy atom. The summed E-state index contributed by atoms with van der Waals surface area (Å²) in [5.41, 5.74) is 7.50. The van der Waals surface area contributed by atoms with Gasteiger partial charge in [0.1, 0.15) is 0 Å². The van der Waals surface area contributed by atoms with Gasteiger partial charge in [0.05, 0.1) is 5.92 Å². The van der Waals surface area contributed by atoms with Crippen LogP contribution in [0.1, 0.15) is 44.1 Å². The SMILES string of the molecule is C[C@@H]1CN(C(=O)[C@@H]2CCC[C@@H]2N)CC[C@H]1c1ccccc1. The molecule has 1 saturated carbocycles. The van der Waals surface area contributed by atoms with Crippen molar-refractivity contribution in [3.05, 3.63) is 35.9 Å². The minimum atomic E-state index is 0.0745. The Balaban J connectivity index is 1.64. The number of nitrogens with zero attached hydrogens (tertiary/aromatic N) is 1. The largest absolute Gasteiger partial charge is 0.342 e. The van der Waals surface area contributed by atoms with E-state index in [0.717, 1.165) is 38.8 Å². The lowest BCUT2D eigenvalue weighted by Crippen LogP contribution is -2.47. The number of likely N-dealkylation sites (tertiary alicyclic amines) is 1. The fourth-order valence-electron chi connectivity index (χ4n) is 4.07. The Morgan fingerprint density at radius 1 is 1.19 bits per heavy atom. The molecule has 21 heavy (non-hydrogen) atoms. The van der Waals surface area contributed by atoms with E-state index in [9.17, 15) is 4.79 Å². The molecule has 0 radical (unpaired) electrons. The van der Waals surface area contributed by atoms with Gasteiger partial charge in [-0.3, -0.25) is 4.79 Å². The molecule has 1 saturated heterocycles. The molecule has 2 fully saturated rings. The highest BCUT2D eigenvalue weighted by atomic mass is 16.2. The van der Waals surface area contributed by atoms with Gasteiger partial charge in [0.2, 0.25) is 5.91 Å². The number of hydrogen-bond donors (Lipinski definition) is 1. The van der Waals surface area contributed by atoms with Crippen molar-refractivity contribution in [2.75, 3.05) is 13.1 Å². The third-order valence-electron chi connectivity index (χ3n) is 5.33. The summed E-state index contributed by atoms with van der Waals surface area (Å²) in [5, 5.41) is 0. The molecule has 3 heteroatoms. The van der Waals surface area contributed by atoms with Gasteiger partial charge < -0.3 is 10.6 Å². The molecule has 0 unspecified atom stereocenters. The molecule has 0 bridgehead atoms. The lowest BCUT2D eigenvalue weighted by atomic mass is 9.81. The van der Waals surface area contributed by atoms with E-state index < -0.39 is 0 Å².